The zero-order valence-electron chi connectivity index (χ0n) is 15.5. The second-order valence-electron chi connectivity index (χ2n) is 7.79. The molecule has 1 heterocycles. The Kier molecular flexibility index (Phi) is 6.59. The van der Waals surface area contributed by atoms with E-state index < -0.39 is 5.41 Å². The van der Waals surface area contributed by atoms with Crippen molar-refractivity contribution in [3.8, 4) is 0 Å². The molecule has 1 unspecified atom stereocenters. The van der Waals surface area contributed by atoms with Gasteiger partial charge < -0.3 is 15.3 Å². The number of rotatable bonds is 5. The Balaban J connectivity index is 1.98. The van der Waals surface area contributed by atoms with Crippen molar-refractivity contribution < 1.29 is 14.7 Å². The Morgan fingerprint density at radius 3 is 2.48 bits per heavy atom. The standard InChI is InChI=1S/C20H30N2O3/c1-20(2,3)19(25)21-14-15-7-9-16(10-8-15)18(24)22-12-5-4-6-17(22)11-13-23/h7-10,17,23H,4-6,11-14H2,1-3H3,(H,21,25). The molecule has 1 aromatic rings. The lowest BCUT2D eigenvalue weighted by atomic mass is 9.95. The second-order valence-corrected chi connectivity index (χ2v) is 7.79. The molecule has 1 aliphatic rings. The summed E-state index contributed by atoms with van der Waals surface area (Å²) >= 11 is 0. The third-order valence-electron chi connectivity index (χ3n) is 4.69. The van der Waals surface area contributed by atoms with E-state index in [9.17, 15) is 14.7 Å². The van der Waals surface area contributed by atoms with Gasteiger partial charge in [-0.05, 0) is 43.4 Å². The third-order valence-corrected chi connectivity index (χ3v) is 4.69. The summed E-state index contributed by atoms with van der Waals surface area (Å²) in [6.45, 7) is 6.97. The number of nitrogens with zero attached hydrogens (tertiary/aromatic N) is 1. The van der Waals surface area contributed by atoms with Crippen LogP contribution >= 0.6 is 0 Å². The molecule has 0 spiro atoms. The van der Waals surface area contributed by atoms with Crippen LogP contribution in [0.1, 0.15) is 62.4 Å². The molecule has 2 rings (SSSR count). The van der Waals surface area contributed by atoms with Gasteiger partial charge in [0.1, 0.15) is 0 Å². The molecule has 138 valence electrons. The minimum Gasteiger partial charge on any atom is -0.396 e. The Labute approximate surface area is 150 Å². The Morgan fingerprint density at radius 2 is 1.88 bits per heavy atom. The van der Waals surface area contributed by atoms with Crippen molar-refractivity contribution in [3.05, 3.63) is 35.4 Å². The van der Waals surface area contributed by atoms with Gasteiger partial charge >= 0.3 is 0 Å². The second kappa shape index (κ2) is 8.48. The summed E-state index contributed by atoms with van der Waals surface area (Å²) in [6.07, 6.45) is 3.73. The third kappa shape index (κ3) is 5.30. The average Bonchev–Trinajstić information content (AvgIpc) is 2.59. The van der Waals surface area contributed by atoms with E-state index in [1.807, 2.05) is 49.9 Å². The topological polar surface area (TPSA) is 69.6 Å². The van der Waals surface area contributed by atoms with Crippen LogP contribution in [-0.4, -0.2) is 41.0 Å². The van der Waals surface area contributed by atoms with Crippen molar-refractivity contribution in [2.24, 2.45) is 5.41 Å². The molecule has 25 heavy (non-hydrogen) atoms. The minimum atomic E-state index is -0.411. The largest absolute Gasteiger partial charge is 0.396 e. The van der Waals surface area contributed by atoms with E-state index in [1.54, 1.807) is 0 Å². The van der Waals surface area contributed by atoms with Crippen molar-refractivity contribution in [2.75, 3.05) is 13.2 Å². The maximum Gasteiger partial charge on any atom is 0.254 e. The number of hydrogen-bond donors (Lipinski definition) is 2. The van der Waals surface area contributed by atoms with Gasteiger partial charge in [-0.25, -0.2) is 0 Å². The fourth-order valence-electron chi connectivity index (χ4n) is 3.10. The highest BCUT2D eigenvalue weighted by Gasteiger charge is 2.27. The maximum atomic E-state index is 12.8. The molecule has 5 heteroatoms. The molecule has 1 saturated heterocycles. The lowest BCUT2D eigenvalue weighted by Gasteiger charge is -2.35. The van der Waals surface area contributed by atoms with Gasteiger partial charge in [0, 0.05) is 36.7 Å². The molecule has 1 aromatic carbocycles. The van der Waals surface area contributed by atoms with Gasteiger partial charge in [0.05, 0.1) is 0 Å². The molecule has 5 nitrogen and oxygen atoms in total. The highest BCUT2D eigenvalue weighted by atomic mass is 16.3. The summed E-state index contributed by atoms with van der Waals surface area (Å²) in [5, 5.41) is 12.1. The molecule has 0 saturated carbocycles. The highest BCUT2D eigenvalue weighted by Crippen LogP contribution is 2.22. The maximum absolute atomic E-state index is 12.8. The predicted molar refractivity (Wildman–Crippen MR) is 98.1 cm³/mol. The van der Waals surface area contributed by atoms with E-state index >= 15 is 0 Å². The molecule has 0 radical (unpaired) electrons. The number of aliphatic hydroxyl groups is 1. The Bertz CT molecular complexity index is 588. The van der Waals surface area contributed by atoms with E-state index in [1.165, 1.54) is 0 Å². The minimum absolute atomic E-state index is 0.00724. The van der Waals surface area contributed by atoms with Crippen LogP contribution in [0.15, 0.2) is 24.3 Å². The van der Waals surface area contributed by atoms with E-state index in [0.29, 0.717) is 18.5 Å². The molecule has 2 N–H and O–H groups in total. The first-order chi connectivity index (χ1) is 11.8. The average molecular weight is 346 g/mol. The first kappa shape index (κ1) is 19.4. The summed E-state index contributed by atoms with van der Waals surface area (Å²) in [7, 11) is 0. The van der Waals surface area contributed by atoms with Crippen LogP contribution in [0.2, 0.25) is 0 Å². The van der Waals surface area contributed by atoms with E-state index in [0.717, 1.165) is 31.4 Å². The first-order valence-corrected chi connectivity index (χ1v) is 9.12. The van der Waals surface area contributed by atoms with Crippen molar-refractivity contribution in [1.29, 1.82) is 0 Å². The summed E-state index contributed by atoms with van der Waals surface area (Å²) in [6, 6.07) is 7.57. The number of carbonyl (C=O) groups excluding carboxylic acids is 2. The smallest absolute Gasteiger partial charge is 0.254 e. The van der Waals surface area contributed by atoms with Crippen molar-refractivity contribution in [1.82, 2.24) is 10.2 Å². The lowest BCUT2D eigenvalue weighted by Crippen LogP contribution is -2.44. The van der Waals surface area contributed by atoms with Gasteiger partial charge in [-0.3, -0.25) is 9.59 Å². The van der Waals surface area contributed by atoms with Crippen LogP contribution < -0.4 is 5.32 Å². The Morgan fingerprint density at radius 1 is 1.20 bits per heavy atom. The summed E-state index contributed by atoms with van der Waals surface area (Å²) in [5.41, 5.74) is 1.22. The Hall–Kier alpha value is -1.88. The SMILES string of the molecule is CC(C)(C)C(=O)NCc1ccc(C(=O)N2CCCCC2CCO)cc1. The highest BCUT2D eigenvalue weighted by molar-refractivity contribution is 5.94. The molecule has 2 amide bonds. The monoisotopic (exact) mass is 346 g/mol. The van der Waals surface area contributed by atoms with Gasteiger partial charge in [0.25, 0.3) is 5.91 Å². The molecule has 1 atom stereocenters. The van der Waals surface area contributed by atoms with Gasteiger partial charge in [0.15, 0.2) is 0 Å². The fraction of sp³-hybridized carbons (Fsp3) is 0.600. The number of likely N-dealkylation sites (tertiary alicyclic amines) is 1. The number of aliphatic hydroxyl groups excluding tert-OH is 1. The van der Waals surface area contributed by atoms with Gasteiger partial charge in [-0.2, -0.15) is 0 Å². The lowest BCUT2D eigenvalue weighted by molar-refractivity contribution is -0.128. The normalized spacial score (nSPS) is 18.1. The molecule has 0 aliphatic carbocycles. The van der Waals surface area contributed by atoms with Crippen LogP contribution in [0, 0.1) is 5.41 Å². The molecule has 0 aromatic heterocycles. The molecule has 0 bridgehead atoms. The quantitative estimate of drug-likeness (QED) is 0.861. The fourth-order valence-corrected chi connectivity index (χ4v) is 3.10. The number of nitrogens with one attached hydrogen (secondary N) is 1. The van der Waals surface area contributed by atoms with Gasteiger partial charge in [-0.1, -0.05) is 32.9 Å². The van der Waals surface area contributed by atoms with Crippen LogP contribution in [-0.2, 0) is 11.3 Å². The van der Waals surface area contributed by atoms with Crippen LogP contribution in [0.3, 0.4) is 0 Å². The number of benzene rings is 1. The first-order valence-electron chi connectivity index (χ1n) is 9.12. The molecule has 1 aliphatic heterocycles. The van der Waals surface area contributed by atoms with Crippen LogP contribution in [0.5, 0.6) is 0 Å². The molecular weight excluding hydrogens is 316 g/mol. The van der Waals surface area contributed by atoms with E-state index in [2.05, 4.69) is 5.32 Å². The van der Waals surface area contributed by atoms with Crippen molar-refractivity contribution in [3.63, 3.8) is 0 Å². The summed E-state index contributed by atoms with van der Waals surface area (Å²) in [5.74, 6) is 0.0382. The van der Waals surface area contributed by atoms with Gasteiger partial charge in [0.2, 0.25) is 5.91 Å². The van der Waals surface area contributed by atoms with E-state index in [4.69, 9.17) is 0 Å². The van der Waals surface area contributed by atoms with Crippen LogP contribution in [0.4, 0.5) is 0 Å². The number of carbonyl (C=O) groups is 2. The zero-order chi connectivity index (χ0) is 18.4. The van der Waals surface area contributed by atoms with Crippen molar-refractivity contribution in [2.45, 2.75) is 59.0 Å². The van der Waals surface area contributed by atoms with E-state index in [-0.39, 0.29) is 24.5 Å². The summed E-state index contributed by atoms with van der Waals surface area (Å²) < 4.78 is 0. The molecular formula is C20H30N2O3. The van der Waals surface area contributed by atoms with Crippen LogP contribution in [0.25, 0.3) is 0 Å². The number of hydrogen-bond acceptors (Lipinski definition) is 3. The molecule has 1 fully saturated rings. The zero-order valence-corrected chi connectivity index (χ0v) is 15.5. The predicted octanol–water partition coefficient (Wildman–Crippen LogP) is 2.73. The van der Waals surface area contributed by atoms with Crippen molar-refractivity contribution >= 4 is 11.8 Å². The summed E-state index contributed by atoms with van der Waals surface area (Å²) in [4.78, 5) is 26.6. The number of amides is 2. The number of piperidine rings is 1. The van der Waals surface area contributed by atoms with Gasteiger partial charge in [-0.15, -0.1) is 0 Å².